The minimum Gasteiger partial charge on any atom is -0.103 e. The van der Waals surface area contributed by atoms with E-state index in [1.54, 1.807) is 0 Å². The summed E-state index contributed by atoms with van der Waals surface area (Å²) in [4.78, 5) is 0. The molecule has 70 valence electrons. The highest BCUT2D eigenvalue weighted by Crippen LogP contribution is 2.38. The average Bonchev–Trinajstić information content (AvgIpc) is 2.52. The van der Waals surface area contributed by atoms with Gasteiger partial charge in [0.05, 0.1) is 0 Å². The third-order valence-electron chi connectivity index (χ3n) is 3.39. The van der Waals surface area contributed by atoms with Gasteiger partial charge in [0.25, 0.3) is 0 Å². The molecule has 0 aliphatic heterocycles. The Hall–Kier alpha value is -0.260. The van der Waals surface area contributed by atoms with Crippen molar-refractivity contribution in [2.24, 2.45) is 17.8 Å². The Morgan fingerprint density at radius 2 is 2.25 bits per heavy atom. The Balaban J connectivity index is 2.29. The zero-order valence-electron chi connectivity index (χ0n) is 8.55. The van der Waals surface area contributed by atoms with Gasteiger partial charge in [-0.25, -0.2) is 0 Å². The smallest absolute Gasteiger partial charge is 0.0236 e. The average molecular weight is 166 g/mol. The Morgan fingerprint density at radius 1 is 1.50 bits per heavy atom. The molecule has 1 fully saturated rings. The Morgan fingerprint density at radius 3 is 2.83 bits per heavy atom. The van der Waals surface area contributed by atoms with Crippen LogP contribution in [0.15, 0.2) is 12.7 Å². The normalized spacial score (nSPS) is 31.8. The second-order valence-electron chi connectivity index (χ2n) is 4.32. The van der Waals surface area contributed by atoms with Gasteiger partial charge in [0.15, 0.2) is 0 Å². The van der Waals surface area contributed by atoms with Gasteiger partial charge in [0.1, 0.15) is 0 Å². The summed E-state index contributed by atoms with van der Waals surface area (Å²) in [6.45, 7) is 8.48. The lowest BCUT2D eigenvalue weighted by molar-refractivity contribution is 0.401. The maximum Gasteiger partial charge on any atom is -0.0236 e. The zero-order chi connectivity index (χ0) is 8.97. The molecule has 0 saturated heterocycles. The SMILES string of the molecule is C=CC(C)C1CCC(CCC)C1. The van der Waals surface area contributed by atoms with Crippen LogP contribution in [0, 0.1) is 17.8 Å². The third kappa shape index (κ3) is 2.36. The van der Waals surface area contributed by atoms with E-state index >= 15 is 0 Å². The van der Waals surface area contributed by atoms with Crippen molar-refractivity contribution in [3.05, 3.63) is 12.7 Å². The first-order chi connectivity index (χ1) is 5.77. The van der Waals surface area contributed by atoms with E-state index in [9.17, 15) is 0 Å². The van der Waals surface area contributed by atoms with Crippen molar-refractivity contribution in [1.82, 2.24) is 0 Å². The van der Waals surface area contributed by atoms with Gasteiger partial charge >= 0.3 is 0 Å². The summed E-state index contributed by atoms with van der Waals surface area (Å²) >= 11 is 0. The van der Waals surface area contributed by atoms with Crippen molar-refractivity contribution < 1.29 is 0 Å². The molecule has 0 spiro atoms. The number of hydrogen-bond acceptors (Lipinski definition) is 0. The second-order valence-corrected chi connectivity index (χ2v) is 4.32. The Bertz CT molecular complexity index is 137. The first kappa shape index (κ1) is 9.83. The van der Waals surface area contributed by atoms with Crippen LogP contribution in [0.3, 0.4) is 0 Å². The predicted molar refractivity (Wildman–Crippen MR) is 55.1 cm³/mol. The zero-order valence-corrected chi connectivity index (χ0v) is 8.55. The van der Waals surface area contributed by atoms with E-state index in [0.717, 1.165) is 17.8 Å². The van der Waals surface area contributed by atoms with Crippen LogP contribution in [-0.4, -0.2) is 0 Å². The van der Waals surface area contributed by atoms with Gasteiger partial charge in [-0.15, -0.1) is 6.58 Å². The molecule has 0 heteroatoms. The first-order valence-electron chi connectivity index (χ1n) is 5.40. The molecule has 0 aromatic rings. The summed E-state index contributed by atoms with van der Waals surface area (Å²) in [5, 5.41) is 0. The van der Waals surface area contributed by atoms with Crippen LogP contribution in [0.4, 0.5) is 0 Å². The molecular formula is C12H22. The molecule has 0 aromatic heterocycles. The van der Waals surface area contributed by atoms with Gasteiger partial charge in [0.2, 0.25) is 0 Å². The molecule has 1 rings (SSSR count). The van der Waals surface area contributed by atoms with E-state index in [-0.39, 0.29) is 0 Å². The van der Waals surface area contributed by atoms with Crippen LogP contribution in [0.25, 0.3) is 0 Å². The lowest BCUT2D eigenvalue weighted by Gasteiger charge is -2.14. The molecule has 0 bridgehead atoms. The van der Waals surface area contributed by atoms with Crippen LogP contribution in [0.2, 0.25) is 0 Å². The number of hydrogen-bond donors (Lipinski definition) is 0. The van der Waals surface area contributed by atoms with E-state index in [1.165, 1.54) is 32.1 Å². The lowest BCUT2D eigenvalue weighted by Crippen LogP contribution is -2.05. The molecule has 1 saturated carbocycles. The van der Waals surface area contributed by atoms with Crippen LogP contribution >= 0.6 is 0 Å². The lowest BCUT2D eigenvalue weighted by atomic mass is 9.91. The standard InChI is InChI=1S/C12H22/c1-4-6-11-7-8-12(9-11)10(3)5-2/h5,10-12H,2,4,6-9H2,1,3H3. The molecular weight excluding hydrogens is 144 g/mol. The first-order valence-corrected chi connectivity index (χ1v) is 5.40. The fourth-order valence-corrected chi connectivity index (χ4v) is 2.45. The van der Waals surface area contributed by atoms with E-state index in [4.69, 9.17) is 0 Å². The van der Waals surface area contributed by atoms with E-state index in [2.05, 4.69) is 26.5 Å². The number of allylic oxidation sites excluding steroid dienone is 1. The molecule has 1 aliphatic rings. The Labute approximate surface area is 77.1 Å². The van der Waals surface area contributed by atoms with Crippen LogP contribution < -0.4 is 0 Å². The summed E-state index contributed by atoms with van der Waals surface area (Å²) in [6, 6.07) is 0. The van der Waals surface area contributed by atoms with Crippen molar-refractivity contribution in [1.29, 1.82) is 0 Å². The van der Waals surface area contributed by atoms with Gasteiger partial charge in [-0.1, -0.05) is 39.2 Å². The molecule has 3 unspecified atom stereocenters. The molecule has 0 nitrogen and oxygen atoms in total. The highest BCUT2D eigenvalue weighted by molar-refractivity contribution is 4.86. The van der Waals surface area contributed by atoms with Crippen molar-refractivity contribution in [3.8, 4) is 0 Å². The molecule has 0 amide bonds. The van der Waals surface area contributed by atoms with Gasteiger partial charge in [-0.3, -0.25) is 0 Å². The van der Waals surface area contributed by atoms with Crippen molar-refractivity contribution >= 4 is 0 Å². The van der Waals surface area contributed by atoms with E-state index in [1.807, 2.05) is 0 Å². The highest BCUT2D eigenvalue weighted by Gasteiger charge is 2.26. The van der Waals surface area contributed by atoms with Gasteiger partial charge in [0, 0.05) is 0 Å². The van der Waals surface area contributed by atoms with Crippen molar-refractivity contribution in [3.63, 3.8) is 0 Å². The van der Waals surface area contributed by atoms with Gasteiger partial charge < -0.3 is 0 Å². The Kier molecular flexibility index (Phi) is 3.84. The summed E-state index contributed by atoms with van der Waals surface area (Å²) in [5.41, 5.74) is 0. The summed E-state index contributed by atoms with van der Waals surface area (Å²) in [5.74, 6) is 2.72. The van der Waals surface area contributed by atoms with Gasteiger partial charge in [-0.2, -0.15) is 0 Å². The van der Waals surface area contributed by atoms with Gasteiger partial charge in [-0.05, 0) is 30.6 Å². The summed E-state index contributed by atoms with van der Waals surface area (Å²) in [7, 11) is 0. The van der Waals surface area contributed by atoms with Crippen LogP contribution in [0.5, 0.6) is 0 Å². The van der Waals surface area contributed by atoms with Crippen LogP contribution in [-0.2, 0) is 0 Å². The fraction of sp³-hybridized carbons (Fsp3) is 0.833. The minimum atomic E-state index is 0.742. The topological polar surface area (TPSA) is 0 Å². The number of rotatable bonds is 4. The minimum absolute atomic E-state index is 0.742. The van der Waals surface area contributed by atoms with Crippen LogP contribution in [0.1, 0.15) is 46.0 Å². The summed E-state index contributed by atoms with van der Waals surface area (Å²) in [6.07, 6.45) is 9.30. The van der Waals surface area contributed by atoms with E-state index in [0.29, 0.717) is 0 Å². The molecule has 0 aromatic carbocycles. The maximum absolute atomic E-state index is 3.88. The maximum atomic E-state index is 3.88. The van der Waals surface area contributed by atoms with Crippen molar-refractivity contribution in [2.45, 2.75) is 46.0 Å². The molecule has 3 atom stereocenters. The highest BCUT2D eigenvalue weighted by atomic mass is 14.3. The van der Waals surface area contributed by atoms with Crippen molar-refractivity contribution in [2.75, 3.05) is 0 Å². The molecule has 12 heavy (non-hydrogen) atoms. The molecule has 0 radical (unpaired) electrons. The molecule has 0 N–H and O–H groups in total. The largest absolute Gasteiger partial charge is 0.103 e. The monoisotopic (exact) mass is 166 g/mol. The fourth-order valence-electron chi connectivity index (χ4n) is 2.45. The predicted octanol–water partition coefficient (Wildman–Crippen LogP) is 4.02. The second kappa shape index (κ2) is 4.69. The quantitative estimate of drug-likeness (QED) is 0.553. The molecule has 0 heterocycles. The van der Waals surface area contributed by atoms with E-state index < -0.39 is 0 Å². The molecule has 1 aliphatic carbocycles. The third-order valence-corrected chi connectivity index (χ3v) is 3.39. The summed E-state index contributed by atoms with van der Waals surface area (Å²) < 4.78 is 0.